The van der Waals surface area contributed by atoms with E-state index in [4.69, 9.17) is 0 Å². The highest BCUT2D eigenvalue weighted by molar-refractivity contribution is 5.78. The molecule has 17 heavy (non-hydrogen) atoms. The number of hydrogen-bond donors (Lipinski definition) is 3. The van der Waals surface area contributed by atoms with Crippen molar-refractivity contribution in [2.45, 2.75) is 25.4 Å². The predicted octanol–water partition coefficient (Wildman–Crippen LogP) is -0.974. The van der Waals surface area contributed by atoms with Gasteiger partial charge in [0.1, 0.15) is 0 Å². The van der Waals surface area contributed by atoms with Crippen LogP contribution >= 0.6 is 0 Å². The van der Waals surface area contributed by atoms with E-state index in [0.717, 1.165) is 25.9 Å². The molecule has 0 aromatic rings. The second-order valence-electron chi connectivity index (χ2n) is 4.24. The van der Waals surface area contributed by atoms with Gasteiger partial charge in [0.25, 0.3) is 0 Å². The maximum Gasteiger partial charge on any atom is 0.336 e. The fraction of sp³-hybridized carbons (Fsp3) is 0.818. The summed E-state index contributed by atoms with van der Waals surface area (Å²) in [6, 6.07) is 0. The summed E-state index contributed by atoms with van der Waals surface area (Å²) in [7, 11) is 1.19. The van der Waals surface area contributed by atoms with Crippen molar-refractivity contribution in [3.8, 4) is 0 Å². The van der Waals surface area contributed by atoms with Crippen LogP contribution in [0.4, 0.5) is 0 Å². The number of aliphatic hydroxyl groups is 1. The number of nitrogens with one attached hydrogen (secondary N) is 2. The summed E-state index contributed by atoms with van der Waals surface area (Å²) >= 11 is 0. The summed E-state index contributed by atoms with van der Waals surface area (Å²) in [5.74, 6) is -0.309. The summed E-state index contributed by atoms with van der Waals surface area (Å²) < 4.78 is 4.34. The molecule has 2 unspecified atom stereocenters. The molecule has 98 valence electrons. The van der Waals surface area contributed by atoms with E-state index in [1.807, 2.05) is 0 Å². The summed E-state index contributed by atoms with van der Waals surface area (Å²) in [4.78, 5) is 22.3. The smallest absolute Gasteiger partial charge is 0.336 e. The van der Waals surface area contributed by atoms with Crippen LogP contribution in [0.15, 0.2) is 0 Å². The van der Waals surface area contributed by atoms with Crippen molar-refractivity contribution in [2.75, 3.05) is 26.7 Å². The van der Waals surface area contributed by atoms with Crippen LogP contribution in [-0.4, -0.2) is 49.8 Å². The van der Waals surface area contributed by atoms with Gasteiger partial charge in [-0.15, -0.1) is 0 Å². The van der Waals surface area contributed by atoms with Crippen molar-refractivity contribution >= 4 is 11.9 Å². The second-order valence-corrected chi connectivity index (χ2v) is 4.24. The first-order chi connectivity index (χ1) is 8.13. The van der Waals surface area contributed by atoms with Crippen molar-refractivity contribution in [3.63, 3.8) is 0 Å². The Bertz CT molecular complexity index is 264. The van der Waals surface area contributed by atoms with Gasteiger partial charge >= 0.3 is 5.97 Å². The maximum atomic E-state index is 11.4. The molecule has 1 aliphatic rings. The Morgan fingerprint density at radius 1 is 1.59 bits per heavy atom. The molecule has 0 aromatic carbocycles. The summed E-state index contributed by atoms with van der Waals surface area (Å²) in [5, 5.41) is 15.0. The van der Waals surface area contributed by atoms with Gasteiger partial charge in [-0.2, -0.15) is 0 Å². The molecular weight excluding hydrogens is 224 g/mol. The fourth-order valence-electron chi connectivity index (χ4n) is 1.81. The lowest BCUT2D eigenvalue weighted by atomic mass is 10.0. The van der Waals surface area contributed by atoms with Gasteiger partial charge in [-0.25, -0.2) is 4.79 Å². The first-order valence-corrected chi connectivity index (χ1v) is 5.86. The molecule has 2 atom stereocenters. The molecule has 0 bridgehead atoms. The molecule has 1 heterocycles. The monoisotopic (exact) mass is 244 g/mol. The van der Waals surface area contributed by atoms with Gasteiger partial charge in [0, 0.05) is 6.42 Å². The van der Waals surface area contributed by atoms with Gasteiger partial charge in [0.2, 0.25) is 5.91 Å². The van der Waals surface area contributed by atoms with Crippen molar-refractivity contribution < 1.29 is 19.4 Å². The molecule has 1 rings (SSSR count). The average Bonchev–Trinajstić information content (AvgIpc) is 2.85. The van der Waals surface area contributed by atoms with E-state index in [2.05, 4.69) is 15.4 Å². The van der Waals surface area contributed by atoms with Gasteiger partial charge in [-0.05, 0) is 31.8 Å². The highest BCUT2D eigenvalue weighted by atomic mass is 16.5. The van der Waals surface area contributed by atoms with Gasteiger partial charge in [-0.3, -0.25) is 4.79 Å². The minimum atomic E-state index is -1.28. The number of hydrogen-bond acceptors (Lipinski definition) is 5. The zero-order valence-corrected chi connectivity index (χ0v) is 10.1. The van der Waals surface area contributed by atoms with E-state index >= 15 is 0 Å². The molecular formula is C11H20N2O4. The molecule has 0 saturated carbocycles. The normalized spacial score (nSPS) is 20.9. The number of amides is 1. The molecule has 0 spiro atoms. The van der Waals surface area contributed by atoms with E-state index in [-0.39, 0.29) is 12.5 Å². The molecule has 0 radical (unpaired) electrons. The SMILES string of the molecule is COC(=O)C(O)CNC(=O)CCC1CCNC1. The Balaban J connectivity index is 2.10. The molecule has 0 aliphatic carbocycles. The maximum absolute atomic E-state index is 11.4. The Labute approximate surface area is 101 Å². The summed E-state index contributed by atoms with van der Waals surface area (Å²) in [6.45, 7) is 1.90. The quantitative estimate of drug-likeness (QED) is 0.523. The highest BCUT2D eigenvalue weighted by Gasteiger charge is 2.18. The third-order valence-electron chi connectivity index (χ3n) is 2.91. The summed E-state index contributed by atoms with van der Waals surface area (Å²) in [5.41, 5.74) is 0. The lowest BCUT2D eigenvalue weighted by Crippen LogP contribution is -2.37. The van der Waals surface area contributed by atoms with Crippen LogP contribution in [0.2, 0.25) is 0 Å². The minimum absolute atomic E-state index is 0.0889. The van der Waals surface area contributed by atoms with Crippen LogP contribution in [-0.2, 0) is 14.3 Å². The van der Waals surface area contributed by atoms with E-state index in [1.165, 1.54) is 7.11 Å². The van der Waals surface area contributed by atoms with Crippen molar-refractivity contribution in [1.29, 1.82) is 0 Å². The lowest BCUT2D eigenvalue weighted by molar-refractivity contribution is -0.150. The lowest BCUT2D eigenvalue weighted by Gasteiger charge is -2.11. The molecule has 1 amide bonds. The third-order valence-corrected chi connectivity index (χ3v) is 2.91. The molecule has 6 heteroatoms. The molecule has 6 nitrogen and oxygen atoms in total. The Kier molecular flexibility index (Phi) is 5.93. The van der Waals surface area contributed by atoms with E-state index < -0.39 is 12.1 Å². The zero-order chi connectivity index (χ0) is 12.7. The number of ether oxygens (including phenoxy) is 1. The van der Waals surface area contributed by atoms with Crippen LogP contribution < -0.4 is 10.6 Å². The van der Waals surface area contributed by atoms with E-state index in [0.29, 0.717) is 12.3 Å². The average molecular weight is 244 g/mol. The number of aliphatic hydroxyl groups excluding tert-OH is 1. The van der Waals surface area contributed by atoms with E-state index in [9.17, 15) is 14.7 Å². The van der Waals surface area contributed by atoms with Crippen molar-refractivity contribution in [3.05, 3.63) is 0 Å². The van der Waals surface area contributed by atoms with Crippen LogP contribution in [0.5, 0.6) is 0 Å². The number of methoxy groups -OCH3 is 1. The first-order valence-electron chi connectivity index (χ1n) is 5.86. The molecule has 1 saturated heterocycles. The zero-order valence-electron chi connectivity index (χ0n) is 10.1. The van der Waals surface area contributed by atoms with Gasteiger partial charge in [0.15, 0.2) is 6.10 Å². The Morgan fingerprint density at radius 2 is 2.35 bits per heavy atom. The number of esters is 1. The number of carbonyl (C=O) groups is 2. The van der Waals surface area contributed by atoms with Crippen LogP contribution in [0, 0.1) is 5.92 Å². The standard InChI is InChI=1S/C11H20N2O4/c1-17-11(16)9(14)7-13-10(15)3-2-8-4-5-12-6-8/h8-9,12,14H,2-7H2,1H3,(H,13,15). The molecule has 0 aromatic heterocycles. The minimum Gasteiger partial charge on any atom is -0.467 e. The Morgan fingerprint density at radius 3 is 2.94 bits per heavy atom. The van der Waals surface area contributed by atoms with Gasteiger partial charge in [-0.1, -0.05) is 0 Å². The van der Waals surface area contributed by atoms with Crippen LogP contribution in [0.3, 0.4) is 0 Å². The van der Waals surface area contributed by atoms with Gasteiger partial charge < -0.3 is 20.5 Å². The fourth-order valence-corrected chi connectivity index (χ4v) is 1.81. The summed E-state index contributed by atoms with van der Waals surface area (Å²) in [6.07, 6.45) is 1.10. The molecule has 3 N–H and O–H groups in total. The van der Waals surface area contributed by atoms with Crippen molar-refractivity contribution in [2.24, 2.45) is 5.92 Å². The Hall–Kier alpha value is -1.14. The predicted molar refractivity (Wildman–Crippen MR) is 61.2 cm³/mol. The second kappa shape index (κ2) is 7.24. The number of carbonyl (C=O) groups excluding carboxylic acids is 2. The molecule has 1 fully saturated rings. The topological polar surface area (TPSA) is 87.7 Å². The van der Waals surface area contributed by atoms with Gasteiger partial charge in [0.05, 0.1) is 13.7 Å². The van der Waals surface area contributed by atoms with Crippen LogP contribution in [0.25, 0.3) is 0 Å². The number of rotatable bonds is 6. The molecule has 1 aliphatic heterocycles. The first kappa shape index (κ1) is 13.9. The van der Waals surface area contributed by atoms with Crippen molar-refractivity contribution in [1.82, 2.24) is 10.6 Å². The highest BCUT2D eigenvalue weighted by Crippen LogP contribution is 2.13. The van der Waals surface area contributed by atoms with E-state index in [1.54, 1.807) is 0 Å². The largest absolute Gasteiger partial charge is 0.467 e. The van der Waals surface area contributed by atoms with Crippen LogP contribution in [0.1, 0.15) is 19.3 Å². The third kappa shape index (κ3) is 5.14.